The molecule has 1 aliphatic heterocycles. The van der Waals surface area contributed by atoms with Crippen LogP contribution in [0.1, 0.15) is 50.7 Å². The van der Waals surface area contributed by atoms with Gasteiger partial charge in [-0.25, -0.2) is 0 Å². The standard InChI is InChI=1S/C29H34N2O5/c1-16-8-10-19(11-9-16)31-28(33)24-17(2)30-20-14-29(3,4)15-21(32)26(20)25(24)18-12-22(34-5)27(36-7)23(13-18)35-6/h8-13,25,30H,14-15H2,1-7H3,(H,31,33)/t25-/m0/s1. The second kappa shape index (κ2) is 9.72. The molecule has 0 aromatic heterocycles. The first-order chi connectivity index (χ1) is 17.1. The van der Waals surface area contributed by atoms with E-state index < -0.39 is 5.92 Å². The van der Waals surface area contributed by atoms with Crippen molar-refractivity contribution >= 4 is 17.4 Å². The predicted octanol–water partition coefficient (Wildman–Crippen LogP) is 5.26. The summed E-state index contributed by atoms with van der Waals surface area (Å²) >= 11 is 0. The molecule has 36 heavy (non-hydrogen) atoms. The third-order valence-corrected chi connectivity index (χ3v) is 6.81. The molecular weight excluding hydrogens is 456 g/mol. The maximum absolute atomic E-state index is 13.8. The van der Waals surface area contributed by atoms with Gasteiger partial charge in [0.15, 0.2) is 17.3 Å². The number of ether oxygens (including phenoxy) is 3. The van der Waals surface area contributed by atoms with Crippen LogP contribution in [0, 0.1) is 12.3 Å². The number of allylic oxidation sites excluding steroid dienone is 3. The minimum absolute atomic E-state index is 0.0284. The molecule has 2 aromatic rings. The van der Waals surface area contributed by atoms with E-state index in [4.69, 9.17) is 14.2 Å². The fourth-order valence-electron chi connectivity index (χ4n) is 5.17. The molecule has 1 heterocycles. The number of aryl methyl sites for hydroxylation is 1. The first-order valence-electron chi connectivity index (χ1n) is 12.0. The van der Waals surface area contributed by atoms with E-state index in [0.29, 0.717) is 52.6 Å². The molecule has 0 radical (unpaired) electrons. The van der Waals surface area contributed by atoms with E-state index >= 15 is 0 Å². The fourth-order valence-corrected chi connectivity index (χ4v) is 5.17. The Kier molecular flexibility index (Phi) is 6.85. The van der Waals surface area contributed by atoms with Crippen LogP contribution in [-0.4, -0.2) is 33.0 Å². The fraction of sp³-hybridized carbons (Fsp3) is 0.379. The van der Waals surface area contributed by atoms with E-state index in [1.54, 1.807) is 21.3 Å². The molecule has 0 saturated heterocycles. The molecule has 7 heteroatoms. The normalized spacial score (nSPS) is 18.9. The molecule has 1 aliphatic carbocycles. The molecular formula is C29H34N2O5. The van der Waals surface area contributed by atoms with Crippen molar-refractivity contribution in [3.8, 4) is 17.2 Å². The number of hydrogen-bond acceptors (Lipinski definition) is 6. The molecule has 7 nitrogen and oxygen atoms in total. The van der Waals surface area contributed by atoms with E-state index in [9.17, 15) is 9.59 Å². The highest BCUT2D eigenvalue weighted by atomic mass is 16.5. The van der Waals surface area contributed by atoms with Crippen molar-refractivity contribution < 1.29 is 23.8 Å². The first kappa shape index (κ1) is 25.4. The lowest BCUT2D eigenvalue weighted by atomic mass is 9.68. The Labute approximate surface area is 212 Å². The molecule has 0 spiro atoms. The average molecular weight is 491 g/mol. The number of carbonyl (C=O) groups is 2. The van der Waals surface area contributed by atoms with Gasteiger partial charge < -0.3 is 24.8 Å². The highest BCUT2D eigenvalue weighted by molar-refractivity contribution is 6.10. The van der Waals surface area contributed by atoms with Gasteiger partial charge in [0, 0.05) is 40.6 Å². The molecule has 0 saturated carbocycles. The predicted molar refractivity (Wildman–Crippen MR) is 140 cm³/mol. The van der Waals surface area contributed by atoms with Crippen molar-refractivity contribution in [3.05, 3.63) is 70.1 Å². The van der Waals surface area contributed by atoms with Gasteiger partial charge in [-0.15, -0.1) is 0 Å². The number of anilines is 1. The van der Waals surface area contributed by atoms with Gasteiger partial charge in [-0.2, -0.15) is 0 Å². The maximum Gasteiger partial charge on any atom is 0.254 e. The van der Waals surface area contributed by atoms with Gasteiger partial charge in [0.05, 0.1) is 21.3 Å². The summed E-state index contributed by atoms with van der Waals surface area (Å²) in [6.45, 7) is 8.05. The van der Waals surface area contributed by atoms with Crippen molar-refractivity contribution in [2.24, 2.45) is 5.41 Å². The van der Waals surface area contributed by atoms with E-state index in [2.05, 4.69) is 24.5 Å². The summed E-state index contributed by atoms with van der Waals surface area (Å²) in [7, 11) is 4.64. The van der Waals surface area contributed by atoms with E-state index in [1.165, 1.54) is 0 Å². The van der Waals surface area contributed by atoms with Crippen LogP contribution in [0.2, 0.25) is 0 Å². The summed E-state index contributed by atoms with van der Waals surface area (Å²) in [5.74, 6) is 0.546. The summed E-state index contributed by atoms with van der Waals surface area (Å²) in [6, 6.07) is 11.3. The van der Waals surface area contributed by atoms with Crippen molar-refractivity contribution in [3.63, 3.8) is 0 Å². The van der Waals surface area contributed by atoms with E-state index in [1.807, 2.05) is 50.2 Å². The summed E-state index contributed by atoms with van der Waals surface area (Å²) in [6.07, 6.45) is 1.11. The summed E-state index contributed by atoms with van der Waals surface area (Å²) < 4.78 is 16.7. The topological polar surface area (TPSA) is 85.9 Å². The lowest BCUT2D eigenvalue weighted by Gasteiger charge is -2.39. The van der Waals surface area contributed by atoms with Crippen molar-refractivity contribution in [2.45, 2.75) is 46.5 Å². The van der Waals surface area contributed by atoms with E-state index in [0.717, 1.165) is 16.8 Å². The molecule has 0 bridgehead atoms. The molecule has 1 amide bonds. The van der Waals surface area contributed by atoms with Gasteiger partial charge in [0.1, 0.15) is 0 Å². The van der Waals surface area contributed by atoms with Gasteiger partial charge in [-0.3, -0.25) is 9.59 Å². The van der Waals surface area contributed by atoms with Gasteiger partial charge in [0.2, 0.25) is 5.75 Å². The van der Waals surface area contributed by atoms with E-state index in [-0.39, 0.29) is 17.1 Å². The molecule has 2 aromatic carbocycles. The smallest absolute Gasteiger partial charge is 0.254 e. The second-order valence-electron chi connectivity index (χ2n) is 10.2. The lowest BCUT2D eigenvalue weighted by Crippen LogP contribution is -2.39. The Hall–Kier alpha value is -3.74. The van der Waals surface area contributed by atoms with Crippen LogP contribution in [0.15, 0.2) is 58.9 Å². The van der Waals surface area contributed by atoms with Crippen LogP contribution < -0.4 is 24.8 Å². The van der Waals surface area contributed by atoms with Gasteiger partial charge >= 0.3 is 0 Å². The second-order valence-corrected chi connectivity index (χ2v) is 10.2. The zero-order chi connectivity index (χ0) is 26.2. The summed E-state index contributed by atoms with van der Waals surface area (Å²) in [5.41, 5.74) is 5.00. The van der Waals surface area contributed by atoms with Crippen molar-refractivity contribution in [1.82, 2.24) is 5.32 Å². The minimum atomic E-state index is -0.594. The number of carbonyl (C=O) groups excluding carboxylic acids is 2. The number of amides is 1. The number of benzene rings is 2. The molecule has 2 aliphatic rings. The molecule has 190 valence electrons. The van der Waals surface area contributed by atoms with Crippen LogP contribution in [-0.2, 0) is 9.59 Å². The lowest BCUT2D eigenvalue weighted by molar-refractivity contribution is -0.118. The van der Waals surface area contributed by atoms with Crippen molar-refractivity contribution in [1.29, 1.82) is 0 Å². The summed E-state index contributed by atoms with van der Waals surface area (Å²) in [4.78, 5) is 27.3. The Bertz CT molecular complexity index is 1250. The zero-order valence-electron chi connectivity index (χ0n) is 22.0. The quantitative estimate of drug-likeness (QED) is 0.574. The monoisotopic (exact) mass is 490 g/mol. The summed E-state index contributed by atoms with van der Waals surface area (Å²) in [5, 5.41) is 6.42. The highest BCUT2D eigenvalue weighted by Crippen LogP contribution is 2.49. The Morgan fingerprint density at radius 3 is 2.14 bits per heavy atom. The molecule has 2 N–H and O–H groups in total. The van der Waals surface area contributed by atoms with Crippen LogP contribution in [0.5, 0.6) is 17.2 Å². The van der Waals surface area contributed by atoms with Crippen LogP contribution in [0.4, 0.5) is 5.69 Å². The third kappa shape index (κ3) is 4.70. The Morgan fingerprint density at radius 1 is 0.972 bits per heavy atom. The number of nitrogens with one attached hydrogen (secondary N) is 2. The van der Waals surface area contributed by atoms with Gasteiger partial charge in [0.25, 0.3) is 5.91 Å². The Morgan fingerprint density at radius 2 is 1.58 bits per heavy atom. The molecule has 1 atom stereocenters. The van der Waals surface area contributed by atoms with Crippen LogP contribution in [0.3, 0.4) is 0 Å². The zero-order valence-corrected chi connectivity index (χ0v) is 22.0. The van der Waals surface area contributed by atoms with Crippen molar-refractivity contribution in [2.75, 3.05) is 26.6 Å². The van der Waals surface area contributed by atoms with Gasteiger partial charge in [-0.05, 0) is 55.5 Å². The minimum Gasteiger partial charge on any atom is -0.493 e. The van der Waals surface area contributed by atoms with Gasteiger partial charge in [-0.1, -0.05) is 31.5 Å². The molecule has 0 unspecified atom stereocenters. The number of ketones is 1. The third-order valence-electron chi connectivity index (χ3n) is 6.81. The molecule has 0 fully saturated rings. The van der Waals surface area contributed by atoms with Crippen LogP contribution >= 0.6 is 0 Å². The average Bonchev–Trinajstić information content (AvgIpc) is 2.82. The largest absolute Gasteiger partial charge is 0.493 e. The Balaban J connectivity index is 1.89. The SMILES string of the molecule is COc1cc([C@H]2C(C(=O)Nc3ccc(C)cc3)=C(C)NC3=C2C(=O)CC(C)(C)C3)cc(OC)c1OC. The molecule has 4 rings (SSSR count). The highest BCUT2D eigenvalue weighted by Gasteiger charge is 2.43. The number of Topliss-reactive ketones (excluding diaryl/α,β-unsaturated/α-hetero) is 1. The van der Waals surface area contributed by atoms with Crippen LogP contribution in [0.25, 0.3) is 0 Å². The number of rotatable bonds is 6. The number of dihydropyridines is 1. The maximum atomic E-state index is 13.8. The first-order valence-corrected chi connectivity index (χ1v) is 12.0. The number of hydrogen-bond donors (Lipinski definition) is 2. The number of methoxy groups -OCH3 is 3.